The van der Waals surface area contributed by atoms with Crippen molar-refractivity contribution in [2.45, 2.75) is 26.7 Å². The molecule has 0 saturated carbocycles. The first-order chi connectivity index (χ1) is 15.9. The summed E-state index contributed by atoms with van der Waals surface area (Å²) in [6.45, 7) is 4.29. The van der Waals surface area contributed by atoms with E-state index in [0.717, 1.165) is 28.3 Å². The molecule has 0 amide bonds. The Labute approximate surface area is 192 Å². The van der Waals surface area contributed by atoms with Crippen molar-refractivity contribution in [3.63, 3.8) is 0 Å². The van der Waals surface area contributed by atoms with Crippen LogP contribution in [-0.2, 0) is 4.74 Å². The lowest BCUT2D eigenvalue weighted by Crippen LogP contribution is -2.14. The summed E-state index contributed by atoms with van der Waals surface area (Å²) < 4.78 is 34.4. The van der Waals surface area contributed by atoms with Gasteiger partial charge in [-0.2, -0.15) is 0 Å². The van der Waals surface area contributed by atoms with Gasteiger partial charge in [0, 0.05) is 48.3 Å². The molecule has 0 atom stereocenters. The van der Waals surface area contributed by atoms with Gasteiger partial charge in [-0.05, 0) is 60.9 Å². The highest BCUT2D eigenvalue weighted by Gasteiger charge is 2.18. The van der Waals surface area contributed by atoms with Gasteiger partial charge in [0.25, 0.3) is 0 Å². The summed E-state index contributed by atoms with van der Waals surface area (Å²) in [7, 11) is 0. The quantitative estimate of drug-likeness (QED) is 0.384. The maximum atomic E-state index is 14.5. The van der Waals surface area contributed by atoms with Crippen LogP contribution in [0.25, 0.3) is 11.3 Å². The standard InChI is InChI=1S/C26H28F2N4O/c1-17(15-32-30)8-10-33-22-13-20(18(2)11-25(29)19-5-4-9-31-16-19)12-21(14-22)23-6-3-7-24(27)26(23)28/h3-7,9,11-12,14-16,32H,8,10,13,29-30H2,1-2H3/b17-15+,20-18-,25-11-. The fourth-order valence-electron chi connectivity index (χ4n) is 3.42. The average Bonchev–Trinajstić information content (AvgIpc) is 2.81. The number of hydrazine groups is 1. The Morgan fingerprint density at radius 2 is 2.00 bits per heavy atom. The lowest BCUT2D eigenvalue weighted by atomic mass is 9.92. The Morgan fingerprint density at radius 3 is 2.73 bits per heavy atom. The molecule has 1 aliphatic rings. The zero-order chi connectivity index (χ0) is 23.8. The van der Waals surface area contributed by atoms with Gasteiger partial charge < -0.3 is 15.9 Å². The minimum atomic E-state index is -0.896. The van der Waals surface area contributed by atoms with Crippen molar-refractivity contribution < 1.29 is 13.5 Å². The maximum absolute atomic E-state index is 14.5. The third kappa shape index (κ3) is 6.40. The average molecular weight is 451 g/mol. The molecule has 33 heavy (non-hydrogen) atoms. The second kappa shape index (κ2) is 11.2. The van der Waals surface area contributed by atoms with E-state index in [0.29, 0.717) is 36.5 Å². The highest BCUT2D eigenvalue weighted by molar-refractivity contribution is 5.79. The van der Waals surface area contributed by atoms with Gasteiger partial charge in [0.1, 0.15) is 5.76 Å². The normalized spacial score (nSPS) is 16.2. The fraction of sp³-hybridized carbons (Fsp3) is 0.192. The van der Waals surface area contributed by atoms with Gasteiger partial charge in [0.2, 0.25) is 0 Å². The van der Waals surface area contributed by atoms with Gasteiger partial charge in [-0.25, -0.2) is 8.78 Å². The Kier molecular flexibility index (Phi) is 8.16. The number of benzene rings is 1. The van der Waals surface area contributed by atoms with Crippen LogP contribution in [0, 0.1) is 11.6 Å². The Morgan fingerprint density at radius 1 is 1.18 bits per heavy atom. The van der Waals surface area contributed by atoms with Crippen molar-refractivity contribution in [3.05, 3.63) is 112 Å². The first-order valence-electron chi connectivity index (χ1n) is 10.6. The number of ether oxygens (including phenoxy) is 1. The van der Waals surface area contributed by atoms with Gasteiger partial charge in [0.05, 0.1) is 6.61 Å². The molecule has 1 heterocycles. The molecule has 2 aromatic rings. The highest BCUT2D eigenvalue weighted by Crippen LogP contribution is 2.33. The van der Waals surface area contributed by atoms with Crippen LogP contribution in [0.5, 0.6) is 0 Å². The zero-order valence-corrected chi connectivity index (χ0v) is 18.7. The molecule has 1 aliphatic carbocycles. The predicted molar refractivity (Wildman–Crippen MR) is 128 cm³/mol. The molecule has 172 valence electrons. The van der Waals surface area contributed by atoms with Crippen molar-refractivity contribution in [1.29, 1.82) is 0 Å². The van der Waals surface area contributed by atoms with Crippen LogP contribution in [-0.4, -0.2) is 11.6 Å². The van der Waals surface area contributed by atoms with Crippen molar-refractivity contribution in [3.8, 4) is 0 Å². The monoisotopic (exact) mass is 450 g/mol. The number of pyridine rings is 1. The lowest BCUT2D eigenvalue weighted by molar-refractivity contribution is 0.209. The van der Waals surface area contributed by atoms with Crippen LogP contribution in [0.1, 0.15) is 37.8 Å². The van der Waals surface area contributed by atoms with Crippen molar-refractivity contribution in [2.24, 2.45) is 11.6 Å². The Bertz CT molecular complexity index is 1150. The van der Waals surface area contributed by atoms with E-state index in [-0.39, 0.29) is 5.56 Å². The van der Waals surface area contributed by atoms with Crippen LogP contribution in [0.15, 0.2) is 89.6 Å². The number of rotatable bonds is 8. The molecule has 0 aliphatic heterocycles. The van der Waals surface area contributed by atoms with E-state index < -0.39 is 11.6 Å². The number of halogens is 2. The Balaban J connectivity index is 1.95. The summed E-state index contributed by atoms with van der Waals surface area (Å²) in [5, 5.41) is 0. The number of hydrogen-bond donors (Lipinski definition) is 3. The minimum Gasteiger partial charge on any atom is -0.497 e. The van der Waals surface area contributed by atoms with Crippen molar-refractivity contribution in [1.82, 2.24) is 10.4 Å². The minimum absolute atomic E-state index is 0.175. The van der Waals surface area contributed by atoms with Crippen LogP contribution >= 0.6 is 0 Å². The van der Waals surface area contributed by atoms with Gasteiger partial charge in [-0.1, -0.05) is 23.8 Å². The third-order valence-electron chi connectivity index (χ3n) is 5.26. The second-order valence-electron chi connectivity index (χ2n) is 7.79. The summed E-state index contributed by atoms with van der Waals surface area (Å²) in [6, 6.07) is 7.83. The summed E-state index contributed by atoms with van der Waals surface area (Å²) in [5.74, 6) is 4.18. The van der Waals surface area contributed by atoms with Gasteiger partial charge in [-0.3, -0.25) is 10.8 Å². The number of aromatic nitrogens is 1. The molecule has 7 heteroatoms. The molecule has 3 rings (SSSR count). The van der Waals surface area contributed by atoms with Gasteiger partial charge in [-0.15, -0.1) is 0 Å². The SMILES string of the molecule is C/C(=C\NN)CCOC1=CC(c2cccc(F)c2F)=C/C(=C(C)/C=C(\N)c2cccnc2)C1. The van der Waals surface area contributed by atoms with E-state index in [4.69, 9.17) is 16.3 Å². The first-order valence-corrected chi connectivity index (χ1v) is 10.6. The second-order valence-corrected chi connectivity index (χ2v) is 7.79. The molecule has 0 unspecified atom stereocenters. The van der Waals surface area contributed by atoms with E-state index >= 15 is 0 Å². The number of nitrogens with zero attached hydrogens (tertiary/aromatic N) is 1. The van der Waals surface area contributed by atoms with E-state index in [1.165, 1.54) is 6.07 Å². The molecular weight excluding hydrogens is 422 g/mol. The van der Waals surface area contributed by atoms with Crippen LogP contribution in [0.2, 0.25) is 0 Å². The molecule has 0 fully saturated rings. The predicted octanol–water partition coefficient (Wildman–Crippen LogP) is 5.12. The largest absolute Gasteiger partial charge is 0.497 e. The van der Waals surface area contributed by atoms with E-state index in [2.05, 4.69) is 10.4 Å². The molecule has 5 nitrogen and oxygen atoms in total. The summed E-state index contributed by atoms with van der Waals surface area (Å²) in [4.78, 5) is 4.10. The third-order valence-corrected chi connectivity index (χ3v) is 5.26. The molecule has 1 aromatic carbocycles. The zero-order valence-electron chi connectivity index (χ0n) is 18.7. The smallest absolute Gasteiger partial charge is 0.166 e. The number of nitrogens with one attached hydrogen (secondary N) is 1. The Hall–Kier alpha value is -3.71. The first kappa shape index (κ1) is 23.9. The van der Waals surface area contributed by atoms with Crippen LogP contribution < -0.4 is 17.0 Å². The summed E-state index contributed by atoms with van der Waals surface area (Å²) >= 11 is 0. The molecule has 1 aromatic heterocycles. The van der Waals surface area contributed by atoms with E-state index in [1.807, 2.05) is 38.1 Å². The molecule has 0 saturated heterocycles. The van der Waals surface area contributed by atoms with E-state index in [1.54, 1.807) is 30.7 Å². The fourth-order valence-corrected chi connectivity index (χ4v) is 3.42. The van der Waals surface area contributed by atoms with Crippen LogP contribution in [0.4, 0.5) is 8.78 Å². The summed E-state index contributed by atoms with van der Waals surface area (Å²) in [5.41, 5.74) is 13.6. The molecule has 0 spiro atoms. The molecular formula is C26H28F2N4O. The topological polar surface area (TPSA) is 86.2 Å². The van der Waals surface area contributed by atoms with Gasteiger partial charge >= 0.3 is 0 Å². The lowest BCUT2D eigenvalue weighted by Gasteiger charge is -2.20. The van der Waals surface area contributed by atoms with Gasteiger partial charge in [0.15, 0.2) is 11.6 Å². The van der Waals surface area contributed by atoms with Crippen molar-refractivity contribution in [2.75, 3.05) is 6.61 Å². The van der Waals surface area contributed by atoms with E-state index in [9.17, 15) is 8.78 Å². The highest BCUT2D eigenvalue weighted by atomic mass is 19.2. The molecule has 0 bridgehead atoms. The maximum Gasteiger partial charge on any atom is 0.166 e. The summed E-state index contributed by atoms with van der Waals surface area (Å²) in [6.07, 6.45) is 11.7. The number of allylic oxidation sites excluding steroid dienone is 6. The van der Waals surface area contributed by atoms with Crippen molar-refractivity contribution >= 4 is 11.3 Å². The number of hydrogen-bond acceptors (Lipinski definition) is 5. The molecule has 0 radical (unpaired) electrons. The number of nitrogens with two attached hydrogens (primary N) is 2. The molecule has 5 N–H and O–H groups in total. The van der Waals surface area contributed by atoms with Crippen LogP contribution in [0.3, 0.4) is 0 Å².